The maximum atomic E-state index is 13.3. The fourth-order valence-electron chi connectivity index (χ4n) is 3.04. The van der Waals surface area contributed by atoms with Gasteiger partial charge in [0.15, 0.2) is 0 Å². The largest absolute Gasteiger partial charge is 0.379 e. The third-order valence-corrected chi connectivity index (χ3v) is 6.50. The Labute approximate surface area is 168 Å². The second kappa shape index (κ2) is 7.62. The van der Waals surface area contributed by atoms with E-state index >= 15 is 0 Å². The summed E-state index contributed by atoms with van der Waals surface area (Å²) in [5.41, 5.74) is 2.33. The van der Waals surface area contributed by atoms with E-state index in [1.54, 1.807) is 12.1 Å². The Bertz CT molecular complexity index is 1220. The van der Waals surface area contributed by atoms with Gasteiger partial charge in [0.05, 0.1) is 16.1 Å². The molecule has 28 heavy (non-hydrogen) atoms. The number of para-hydroxylation sites is 1. The highest BCUT2D eigenvalue weighted by atomic mass is 35.5. The van der Waals surface area contributed by atoms with Gasteiger partial charge in [-0.15, -0.1) is 0 Å². The predicted molar refractivity (Wildman–Crippen MR) is 112 cm³/mol. The van der Waals surface area contributed by atoms with Crippen LogP contribution in [0.4, 0.5) is 5.69 Å². The van der Waals surface area contributed by atoms with E-state index in [0.717, 1.165) is 16.5 Å². The van der Waals surface area contributed by atoms with E-state index in [1.807, 2.05) is 54.6 Å². The monoisotopic (exact) mass is 408 g/mol. The molecule has 0 aliphatic rings. The molecule has 0 saturated heterocycles. The predicted octanol–water partition coefficient (Wildman–Crippen LogP) is 5.33. The second-order valence-corrected chi connectivity index (χ2v) is 8.67. The summed E-state index contributed by atoms with van der Waals surface area (Å²) < 4.78 is 26.6. The van der Waals surface area contributed by atoms with Gasteiger partial charge in [-0.3, -0.25) is 4.98 Å². The van der Waals surface area contributed by atoms with Crippen LogP contribution in [0.25, 0.3) is 10.9 Å². The molecule has 4 rings (SSSR count). The van der Waals surface area contributed by atoms with E-state index in [1.165, 1.54) is 18.3 Å². The lowest BCUT2D eigenvalue weighted by Gasteiger charge is -2.15. The Morgan fingerprint density at radius 2 is 1.54 bits per heavy atom. The molecule has 0 aliphatic carbocycles. The summed E-state index contributed by atoms with van der Waals surface area (Å²) in [4.78, 5) is 4.68. The van der Waals surface area contributed by atoms with Gasteiger partial charge in [0.2, 0.25) is 9.84 Å². The summed E-state index contributed by atoms with van der Waals surface area (Å²) in [5.74, 6) is 0. The molecule has 6 heteroatoms. The number of aromatic nitrogens is 1. The molecule has 0 radical (unpaired) electrons. The highest BCUT2D eigenvalue weighted by molar-refractivity contribution is 7.91. The average Bonchev–Trinajstić information content (AvgIpc) is 2.73. The topological polar surface area (TPSA) is 59.1 Å². The minimum absolute atomic E-state index is 0.143. The maximum Gasteiger partial charge on any atom is 0.210 e. The van der Waals surface area contributed by atoms with Crippen LogP contribution < -0.4 is 5.32 Å². The molecular formula is C22H17ClN2O2S. The summed E-state index contributed by atoms with van der Waals surface area (Å²) in [7, 11) is -3.77. The molecule has 0 atom stereocenters. The van der Waals surface area contributed by atoms with Gasteiger partial charge >= 0.3 is 0 Å². The molecule has 0 saturated carbocycles. The van der Waals surface area contributed by atoms with Crippen LogP contribution in [0, 0.1) is 0 Å². The Kier molecular flexibility index (Phi) is 5.03. The summed E-state index contributed by atoms with van der Waals surface area (Å²) in [6.45, 7) is 0.498. The first-order valence-electron chi connectivity index (χ1n) is 8.72. The first-order chi connectivity index (χ1) is 13.6. The number of rotatable bonds is 5. The zero-order valence-corrected chi connectivity index (χ0v) is 16.4. The van der Waals surface area contributed by atoms with Gasteiger partial charge in [0.1, 0.15) is 4.90 Å². The molecule has 0 unspecified atom stereocenters. The number of anilines is 1. The third kappa shape index (κ3) is 3.59. The highest BCUT2D eigenvalue weighted by Gasteiger charge is 2.23. The molecule has 140 valence electrons. The van der Waals surface area contributed by atoms with E-state index < -0.39 is 9.84 Å². The number of pyridine rings is 1. The van der Waals surface area contributed by atoms with Crippen molar-refractivity contribution in [1.29, 1.82) is 0 Å². The molecule has 0 amide bonds. The van der Waals surface area contributed by atoms with Gasteiger partial charge in [0.25, 0.3) is 0 Å². The number of halogens is 1. The molecule has 1 aromatic heterocycles. The van der Waals surface area contributed by atoms with Gasteiger partial charge < -0.3 is 5.32 Å². The van der Waals surface area contributed by atoms with Crippen molar-refractivity contribution in [3.05, 3.63) is 95.6 Å². The first kappa shape index (κ1) is 18.5. The van der Waals surface area contributed by atoms with Gasteiger partial charge in [-0.25, -0.2) is 8.42 Å². The zero-order valence-electron chi connectivity index (χ0n) is 14.8. The Balaban J connectivity index is 1.84. The van der Waals surface area contributed by atoms with E-state index in [4.69, 9.17) is 11.6 Å². The standard InChI is InChI=1S/C22H17ClN2O2S/c23-17-10-12-18(13-11-17)28(26,27)21-15-24-20-9-5-4-8-19(20)22(21)25-14-16-6-2-1-3-7-16/h1-13,15H,14H2,(H,24,25). The van der Waals surface area contributed by atoms with Gasteiger partial charge in [0, 0.05) is 23.2 Å². The number of hydrogen-bond donors (Lipinski definition) is 1. The minimum Gasteiger partial charge on any atom is -0.379 e. The summed E-state index contributed by atoms with van der Waals surface area (Å²) in [5, 5.41) is 4.56. The number of hydrogen-bond acceptors (Lipinski definition) is 4. The van der Waals surface area contributed by atoms with Crippen LogP contribution in [0.1, 0.15) is 5.56 Å². The summed E-state index contributed by atoms with van der Waals surface area (Å²) in [6.07, 6.45) is 1.42. The quantitative estimate of drug-likeness (QED) is 0.484. The third-order valence-electron chi connectivity index (χ3n) is 4.47. The van der Waals surface area contributed by atoms with Crippen LogP contribution in [-0.4, -0.2) is 13.4 Å². The SMILES string of the molecule is O=S(=O)(c1ccc(Cl)cc1)c1cnc2ccccc2c1NCc1ccccc1. The van der Waals surface area contributed by atoms with Crippen LogP contribution in [0.15, 0.2) is 94.9 Å². The smallest absolute Gasteiger partial charge is 0.210 e. The second-order valence-electron chi connectivity index (χ2n) is 6.31. The Hall–Kier alpha value is -2.89. The van der Waals surface area contributed by atoms with Crippen molar-refractivity contribution in [3.63, 3.8) is 0 Å². The van der Waals surface area contributed by atoms with E-state index in [2.05, 4.69) is 10.3 Å². The number of nitrogens with one attached hydrogen (secondary N) is 1. The van der Waals surface area contributed by atoms with Crippen molar-refractivity contribution in [2.75, 3.05) is 5.32 Å². The van der Waals surface area contributed by atoms with Crippen molar-refractivity contribution < 1.29 is 8.42 Å². The molecule has 4 nitrogen and oxygen atoms in total. The van der Waals surface area contributed by atoms with Gasteiger partial charge in [-0.05, 0) is 35.9 Å². The van der Waals surface area contributed by atoms with Crippen LogP contribution >= 0.6 is 11.6 Å². The lowest BCUT2D eigenvalue weighted by Crippen LogP contribution is -2.09. The van der Waals surface area contributed by atoms with Crippen molar-refractivity contribution in [1.82, 2.24) is 4.98 Å². The van der Waals surface area contributed by atoms with Crippen LogP contribution in [0.3, 0.4) is 0 Å². The molecule has 1 N–H and O–H groups in total. The van der Waals surface area contributed by atoms with Crippen molar-refractivity contribution in [2.45, 2.75) is 16.3 Å². The zero-order chi connectivity index (χ0) is 19.6. The first-order valence-corrected chi connectivity index (χ1v) is 10.6. The number of nitrogens with zero attached hydrogens (tertiary/aromatic N) is 1. The van der Waals surface area contributed by atoms with E-state index in [0.29, 0.717) is 17.3 Å². The molecule has 3 aromatic carbocycles. The van der Waals surface area contributed by atoms with E-state index in [-0.39, 0.29) is 9.79 Å². The van der Waals surface area contributed by atoms with Crippen molar-refractivity contribution >= 4 is 38.0 Å². The van der Waals surface area contributed by atoms with Gasteiger partial charge in [-0.2, -0.15) is 0 Å². The lowest BCUT2D eigenvalue weighted by molar-refractivity contribution is 0.596. The maximum absolute atomic E-state index is 13.3. The molecule has 0 bridgehead atoms. The minimum atomic E-state index is -3.77. The Morgan fingerprint density at radius 1 is 0.857 bits per heavy atom. The van der Waals surface area contributed by atoms with Crippen LogP contribution in [0.2, 0.25) is 5.02 Å². The molecule has 0 aliphatic heterocycles. The molecule has 1 heterocycles. The molecule has 0 spiro atoms. The van der Waals surface area contributed by atoms with Crippen molar-refractivity contribution in [2.24, 2.45) is 0 Å². The summed E-state index contributed by atoms with van der Waals surface area (Å²) >= 11 is 5.92. The molecule has 0 fully saturated rings. The average molecular weight is 409 g/mol. The highest BCUT2D eigenvalue weighted by Crippen LogP contribution is 2.33. The number of sulfone groups is 1. The number of benzene rings is 3. The van der Waals surface area contributed by atoms with Crippen LogP contribution in [-0.2, 0) is 16.4 Å². The van der Waals surface area contributed by atoms with Crippen LogP contribution in [0.5, 0.6) is 0 Å². The summed E-state index contributed by atoms with van der Waals surface area (Å²) in [6, 6.07) is 23.5. The van der Waals surface area contributed by atoms with Gasteiger partial charge in [-0.1, -0.05) is 60.1 Å². The fraction of sp³-hybridized carbons (Fsp3) is 0.0455. The van der Waals surface area contributed by atoms with Crippen molar-refractivity contribution in [3.8, 4) is 0 Å². The lowest BCUT2D eigenvalue weighted by atomic mass is 10.1. The fourth-order valence-corrected chi connectivity index (χ4v) is 4.55. The molecule has 4 aromatic rings. The van der Waals surface area contributed by atoms with E-state index in [9.17, 15) is 8.42 Å². The number of fused-ring (bicyclic) bond motifs is 1. The Morgan fingerprint density at radius 3 is 2.29 bits per heavy atom. The molecular weight excluding hydrogens is 392 g/mol. The normalized spacial score (nSPS) is 11.5.